The average Bonchev–Trinajstić information content (AvgIpc) is 3.05. The third-order valence-electron chi connectivity index (χ3n) is 5.64. The summed E-state index contributed by atoms with van der Waals surface area (Å²) in [6.45, 7) is 6.17. The molecule has 0 bridgehead atoms. The molecule has 0 N–H and O–H groups in total. The smallest absolute Gasteiger partial charge is 0.276 e. The number of carbonyl (C=O) groups is 2. The van der Waals surface area contributed by atoms with Crippen molar-refractivity contribution in [3.8, 4) is 0 Å². The molecule has 26 heavy (non-hydrogen) atoms. The van der Waals surface area contributed by atoms with Crippen LogP contribution < -0.4 is 0 Å². The minimum Gasteiger partial charge on any atom is -0.383 e. The fraction of sp³-hybridized carbons (Fsp3) is 0.737. The fourth-order valence-electron chi connectivity index (χ4n) is 4.01. The molecule has 2 aliphatic rings. The van der Waals surface area contributed by atoms with E-state index in [1.807, 2.05) is 9.80 Å². The zero-order valence-corrected chi connectivity index (χ0v) is 16.0. The monoisotopic (exact) mass is 363 g/mol. The lowest BCUT2D eigenvalue weighted by Gasteiger charge is -2.38. The molecule has 1 saturated heterocycles. The van der Waals surface area contributed by atoms with E-state index in [0.717, 1.165) is 43.4 Å². The van der Waals surface area contributed by atoms with Gasteiger partial charge in [-0.2, -0.15) is 0 Å². The van der Waals surface area contributed by atoms with Gasteiger partial charge in [0.1, 0.15) is 5.76 Å². The van der Waals surface area contributed by atoms with Crippen molar-refractivity contribution in [3.05, 3.63) is 17.0 Å². The Balaban J connectivity index is 1.77. The number of aryl methyl sites for hydroxylation is 1. The first kappa shape index (κ1) is 18.9. The highest BCUT2D eigenvalue weighted by Gasteiger charge is 2.34. The van der Waals surface area contributed by atoms with Crippen molar-refractivity contribution < 1.29 is 18.8 Å². The van der Waals surface area contributed by atoms with E-state index in [0.29, 0.717) is 37.9 Å². The van der Waals surface area contributed by atoms with Crippen molar-refractivity contribution in [2.24, 2.45) is 5.92 Å². The number of amides is 2. The molecule has 1 fully saturated rings. The van der Waals surface area contributed by atoms with Gasteiger partial charge in [0, 0.05) is 51.7 Å². The minimum atomic E-state index is -0.0672. The Morgan fingerprint density at radius 3 is 2.69 bits per heavy atom. The van der Waals surface area contributed by atoms with E-state index < -0.39 is 0 Å². The quantitative estimate of drug-likeness (QED) is 0.799. The van der Waals surface area contributed by atoms with Crippen LogP contribution in [-0.4, -0.2) is 66.2 Å². The number of rotatable bonds is 5. The molecule has 1 aromatic rings. The summed E-state index contributed by atoms with van der Waals surface area (Å²) in [6, 6.07) is 0.0987. The lowest BCUT2D eigenvalue weighted by molar-refractivity contribution is -0.130. The Hall–Kier alpha value is -1.89. The van der Waals surface area contributed by atoms with Gasteiger partial charge in [0.2, 0.25) is 5.91 Å². The topological polar surface area (TPSA) is 75.9 Å². The normalized spacial score (nSPS) is 20.7. The van der Waals surface area contributed by atoms with Crippen molar-refractivity contribution in [3.63, 3.8) is 0 Å². The van der Waals surface area contributed by atoms with Crippen LogP contribution in [0, 0.1) is 5.92 Å². The third kappa shape index (κ3) is 3.92. The Labute approximate surface area is 154 Å². The van der Waals surface area contributed by atoms with E-state index in [1.54, 1.807) is 14.0 Å². The van der Waals surface area contributed by atoms with Crippen LogP contribution in [0.15, 0.2) is 4.52 Å². The van der Waals surface area contributed by atoms with Gasteiger partial charge in [0.15, 0.2) is 5.69 Å². The van der Waals surface area contributed by atoms with Gasteiger partial charge in [-0.1, -0.05) is 12.1 Å². The SMILES string of the molecule is COCCN(C(=O)c1noc2c1CC(C)CC2)C1CCN(C(C)=O)CC1. The van der Waals surface area contributed by atoms with Crippen LogP contribution in [0.4, 0.5) is 0 Å². The van der Waals surface area contributed by atoms with E-state index in [9.17, 15) is 9.59 Å². The molecule has 144 valence electrons. The summed E-state index contributed by atoms with van der Waals surface area (Å²) in [5.41, 5.74) is 1.45. The van der Waals surface area contributed by atoms with Crippen LogP contribution in [0.5, 0.6) is 0 Å². The second-order valence-electron chi connectivity index (χ2n) is 7.51. The van der Waals surface area contributed by atoms with Crippen molar-refractivity contribution in [2.45, 2.75) is 52.0 Å². The van der Waals surface area contributed by atoms with Crippen molar-refractivity contribution in [1.82, 2.24) is 15.0 Å². The number of hydrogen-bond acceptors (Lipinski definition) is 5. The molecule has 1 aromatic heterocycles. The second-order valence-corrected chi connectivity index (χ2v) is 7.51. The van der Waals surface area contributed by atoms with Crippen molar-refractivity contribution in [1.29, 1.82) is 0 Å². The third-order valence-corrected chi connectivity index (χ3v) is 5.64. The molecule has 7 heteroatoms. The Bertz CT molecular complexity index is 649. The van der Waals surface area contributed by atoms with Gasteiger partial charge >= 0.3 is 0 Å². The predicted octanol–water partition coefficient (Wildman–Crippen LogP) is 1.90. The fourth-order valence-corrected chi connectivity index (χ4v) is 4.01. The molecular formula is C19H29N3O4. The molecule has 1 unspecified atom stereocenters. The maximum Gasteiger partial charge on any atom is 0.276 e. The van der Waals surface area contributed by atoms with Gasteiger partial charge in [-0.15, -0.1) is 0 Å². The summed E-state index contributed by atoms with van der Waals surface area (Å²) in [4.78, 5) is 28.6. The number of likely N-dealkylation sites (tertiary alicyclic amines) is 1. The molecule has 0 aromatic carbocycles. The summed E-state index contributed by atoms with van der Waals surface area (Å²) in [5, 5.41) is 4.13. The Morgan fingerprint density at radius 1 is 1.31 bits per heavy atom. The molecule has 3 rings (SSSR count). The first-order chi connectivity index (χ1) is 12.5. The van der Waals surface area contributed by atoms with Gasteiger partial charge in [-0.05, 0) is 31.6 Å². The second kappa shape index (κ2) is 8.20. The molecular weight excluding hydrogens is 334 g/mol. The van der Waals surface area contributed by atoms with Crippen LogP contribution in [0.25, 0.3) is 0 Å². The highest BCUT2D eigenvalue weighted by atomic mass is 16.5. The number of fused-ring (bicyclic) bond motifs is 1. The lowest BCUT2D eigenvalue weighted by Crippen LogP contribution is -2.49. The molecule has 2 heterocycles. The van der Waals surface area contributed by atoms with Gasteiger partial charge in [-0.25, -0.2) is 0 Å². The Morgan fingerprint density at radius 2 is 2.04 bits per heavy atom. The maximum absolute atomic E-state index is 13.3. The molecule has 0 radical (unpaired) electrons. The number of piperidine rings is 1. The van der Waals surface area contributed by atoms with Crippen molar-refractivity contribution >= 4 is 11.8 Å². The summed E-state index contributed by atoms with van der Waals surface area (Å²) < 4.78 is 10.7. The minimum absolute atomic E-state index is 0.0672. The number of nitrogens with zero attached hydrogens (tertiary/aromatic N) is 3. The van der Waals surface area contributed by atoms with E-state index in [-0.39, 0.29) is 17.9 Å². The number of hydrogen-bond donors (Lipinski definition) is 0. The van der Waals surface area contributed by atoms with Gasteiger partial charge < -0.3 is 19.1 Å². The van der Waals surface area contributed by atoms with E-state index in [4.69, 9.17) is 9.26 Å². The van der Waals surface area contributed by atoms with E-state index in [2.05, 4.69) is 12.1 Å². The van der Waals surface area contributed by atoms with Crippen LogP contribution in [0.2, 0.25) is 0 Å². The standard InChI is InChI=1S/C19H29N3O4/c1-13-4-5-17-16(12-13)18(20-26-17)19(24)22(10-11-25-3)15-6-8-21(9-7-15)14(2)23/h13,15H,4-12H2,1-3H3. The van der Waals surface area contributed by atoms with E-state index in [1.165, 1.54) is 0 Å². The first-order valence-electron chi connectivity index (χ1n) is 9.54. The zero-order chi connectivity index (χ0) is 18.7. The summed E-state index contributed by atoms with van der Waals surface area (Å²) in [6.07, 6.45) is 4.34. The number of carbonyl (C=O) groups excluding carboxylic acids is 2. The van der Waals surface area contributed by atoms with Crippen LogP contribution in [0.1, 0.15) is 54.9 Å². The Kier molecular flexibility index (Phi) is 5.96. The van der Waals surface area contributed by atoms with Gasteiger partial charge in [0.25, 0.3) is 5.91 Å². The van der Waals surface area contributed by atoms with E-state index >= 15 is 0 Å². The maximum atomic E-state index is 13.3. The van der Waals surface area contributed by atoms with Crippen LogP contribution in [0.3, 0.4) is 0 Å². The zero-order valence-electron chi connectivity index (χ0n) is 16.0. The van der Waals surface area contributed by atoms with Crippen molar-refractivity contribution in [2.75, 3.05) is 33.4 Å². The van der Waals surface area contributed by atoms with Crippen LogP contribution >= 0.6 is 0 Å². The summed E-state index contributed by atoms with van der Waals surface area (Å²) in [5.74, 6) is 1.43. The summed E-state index contributed by atoms with van der Waals surface area (Å²) in [7, 11) is 1.64. The molecule has 1 atom stereocenters. The molecule has 1 aliphatic carbocycles. The average molecular weight is 363 g/mol. The number of aromatic nitrogens is 1. The molecule has 0 saturated carbocycles. The molecule has 2 amide bonds. The largest absolute Gasteiger partial charge is 0.383 e. The molecule has 0 spiro atoms. The lowest BCUT2D eigenvalue weighted by atomic mass is 9.88. The molecule has 1 aliphatic heterocycles. The predicted molar refractivity (Wildman–Crippen MR) is 95.9 cm³/mol. The van der Waals surface area contributed by atoms with Crippen LogP contribution in [-0.2, 0) is 22.4 Å². The number of ether oxygens (including phenoxy) is 1. The van der Waals surface area contributed by atoms with Gasteiger partial charge in [0.05, 0.1) is 6.61 Å². The number of methoxy groups -OCH3 is 1. The summed E-state index contributed by atoms with van der Waals surface area (Å²) >= 11 is 0. The van der Waals surface area contributed by atoms with Gasteiger partial charge in [-0.3, -0.25) is 9.59 Å². The highest BCUT2D eigenvalue weighted by Crippen LogP contribution is 2.29. The highest BCUT2D eigenvalue weighted by molar-refractivity contribution is 5.94. The molecule has 7 nitrogen and oxygen atoms in total. The first-order valence-corrected chi connectivity index (χ1v) is 9.54.